The summed E-state index contributed by atoms with van der Waals surface area (Å²) in [5, 5.41) is 2.86. The number of hydrogen-bond acceptors (Lipinski definition) is 3. The molecule has 1 unspecified atom stereocenters. The van der Waals surface area contributed by atoms with E-state index in [1.54, 1.807) is 18.2 Å². The lowest BCUT2D eigenvalue weighted by Crippen LogP contribution is -2.25. The summed E-state index contributed by atoms with van der Waals surface area (Å²) >= 11 is 5.80. The minimum absolute atomic E-state index is 0.0621. The molecule has 2 rings (SSSR count). The molecule has 1 aromatic rings. The van der Waals surface area contributed by atoms with Crippen LogP contribution in [-0.4, -0.2) is 24.6 Å². The fourth-order valence-electron chi connectivity index (χ4n) is 1.52. The van der Waals surface area contributed by atoms with Crippen molar-refractivity contribution in [3.05, 3.63) is 23.8 Å². The van der Waals surface area contributed by atoms with E-state index in [0.717, 1.165) is 6.42 Å². The number of hydrogen-bond donors (Lipinski definition) is 1. The number of amides is 1. The predicted molar refractivity (Wildman–Crippen MR) is 64.8 cm³/mol. The summed E-state index contributed by atoms with van der Waals surface area (Å²) in [5.41, 5.74) is 0.566. The SMILES string of the molecule is CC(Cl)CCNC(=O)c1ccc2c(c1)OCO2. The van der Waals surface area contributed by atoms with Crippen molar-refractivity contribution in [1.82, 2.24) is 5.32 Å². The largest absolute Gasteiger partial charge is 0.454 e. The van der Waals surface area contributed by atoms with Crippen LogP contribution in [0.25, 0.3) is 0 Å². The topological polar surface area (TPSA) is 47.6 Å². The van der Waals surface area contributed by atoms with Crippen LogP contribution in [0.5, 0.6) is 11.5 Å². The number of fused-ring (bicyclic) bond motifs is 1. The summed E-state index contributed by atoms with van der Waals surface area (Å²) in [4.78, 5) is 11.8. The molecule has 1 aliphatic rings. The highest BCUT2D eigenvalue weighted by atomic mass is 35.5. The number of carbonyl (C=O) groups is 1. The van der Waals surface area contributed by atoms with Gasteiger partial charge in [-0.3, -0.25) is 4.79 Å². The van der Waals surface area contributed by atoms with Crippen molar-refractivity contribution in [2.45, 2.75) is 18.7 Å². The third kappa shape index (κ3) is 3.03. The zero-order chi connectivity index (χ0) is 12.3. The van der Waals surface area contributed by atoms with E-state index in [9.17, 15) is 4.79 Å². The molecular weight excluding hydrogens is 242 g/mol. The first-order valence-electron chi connectivity index (χ1n) is 5.49. The van der Waals surface area contributed by atoms with Crippen LogP contribution in [0.2, 0.25) is 0 Å². The molecule has 1 aliphatic heterocycles. The summed E-state index contributed by atoms with van der Waals surface area (Å²) in [6.45, 7) is 2.68. The molecule has 5 heteroatoms. The van der Waals surface area contributed by atoms with E-state index in [0.29, 0.717) is 23.6 Å². The quantitative estimate of drug-likeness (QED) is 0.839. The standard InChI is InChI=1S/C12H14ClNO3/c1-8(13)4-5-14-12(15)9-2-3-10-11(6-9)17-7-16-10/h2-3,6,8H,4-5,7H2,1H3,(H,14,15). The average Bonchev–Trinajstić information content (AvgIpc) is 2.75. The number of halogens is 1. The van der Waals surface area contributed by atoms with Crippen molar-refractivity contribution in [2.75, 3.05) is 13.3 Å². The number of benzene rings is 1. The van der Waals surface area contributed by atoms with E-state index in [1.807, 2.05) is 6.92 Å². The number of ether oxygens (including phenoxy) is 2. The van der Waals surface area contributed by atoms with Gasteiger partial charge in [-0.25, -0.2) is 0 Å². The first kappa shape index (κ1) is 12.0. The first-order chi connectivity index (χ1) is 8.16. The molecule has 1 aromatic carbocycles. The van der Waals surface area contributed by atoms with E-state index >= 15 is 0 Å². The van der Waals surface area contributed by atoms with E-state index in [1.165, 1.54) is 0 Å². The summed E-state index contributed by atoms with van der Waals surface area (Å²) in [6.07, 6.45) is 0.748. The van der Waals surface area contributed by atoms with E-state index < -0.39 is 0 Å². The second kappa shape index (κ2) is 5.27. The van der Waals surface area contributed by atoms with Crippen LogP contribution < -0.4 is 14.8 Å². The molecule has 4 nitrogen and oxygen atoms in total. The molecule has 0 radical (unpaired) electrons. The lowest BCUT2D eigenvalue weighted by atomic mass is 10.2. The molecule has 0 aromatic heterocycles. The average molecular weight is 256 g/mol. The highest BCUT2D eigenvalue weighted by molar-refractivity contribution is 6.20. The molecule has 0 fully saturated rings. The van der Waals surface area contributed by atoms with Gasteiger partial charge in [0.15, 0.2) is 11.5 Å². The third-order valence-corrected chi connectivity index (χ3v) is 2.68. The summed E-state index contributed by atoms with van der Waals surface area (Å²) in [6, 6.07) is 5.14. The maximum atomic E-state index is 11.8. The van der Waals surface area contributed by atoms with Crippen LogP contribution in [0.1, 0.15) is 23.7 Å². The number of rotatable bonds is 4. The van der Waals surface area contributed by atoms with Crippen molar-refractivity contribution >= 4 is 17.5 Å². The molecule has 0 aliphatic carbocycles. The molecular formula is C12H14ClNO3. The second-order valence-electron chi connectivity index (χ2n) is 3.89. The molecule has 0 spiro atoms. The van der Waals surface area contributed by atoms with Gasteiger partial charge in [-0.1, -0.05) is 0 Å². The minimum atomic E-state index is -0.124. The number of nitrogens with one attached hydrogen (secondary N) is 1. The van der Waals surface area contributed by atoms with Crippen LogP contribution in [0, 0.1) is 0 Å². The molecule has 0 bridgehead atoms. The Hall–Kier alpha value is -1.42. The smallest absolute Gasteiger partial charge is 0.251 e. The first-order valence-corrected chi connectivity index (χ1v) is 5.92. The maximum absolute atomic E-state index is 11.8. The van der Waals surface area contributed by atoms with Crippen molar-refractivity contribution in [3.63, 3.8) is 0 Å². The highest BCUT2D eigenvalue weighted by Crippen LogP contribution is 2.32. The van der Waals surface area contributed by atoms with Gasteiger partial charge in [0.05, 0.1) is 0 Å². The van der Waals surface area contributed by atoms with Gasteiger partial charge in [0, 0.05) is 17.5 Å². The fourth-order valence-corrected chi connectivity index (χ4v) is 1.63. The summed E-state index contributed by atoms with van der Waals surface area (Å²) in [7, 11) is 0. The Balaban J connectivity index is 1.95. The monoisotopic (exact) mass is 255 g/mol. The molecule has 1 N–H and O–H groups in total. The lowest BCUT2D eigenvalue weighted by molar-refractivity contribution is 0.0953. The van der Waals surface area contributed by atoms with E-state index in [2.05, 4.69) is 5.32 Å². The predicted octanol–water partition coefficient (Wildman–Crippen LogP) is 2.16. The van der Waals surface area contributed by atoms with E-state index in [4.69, 9.17) is 21.1 Å². The summed E-state index contributed by atoms with van der Waals surface area (Å²) < 4.78 is 10.4. The Bertz CT molecular complexity index is 420. The number of carbonyl (C=O) groups excluding carboxylic acids is 1. The molecule has 0 saturated heterocycles. The Kier molecular flexibility index (Phi) is 3.74. The highest BCUT2D eigenvalue weighted by Gasteiger charge is 2.15. The third-order valence-electron chi connectivity index (χ3n) is 2.46. The van der Waals surface area contributed by atoms with Crippen molar-refractivity contribution in [3.8, 4) is 11.5 Å². The van der Waals surface area contributed by atoms with E-state index in [-0.39, 0.29) is 18.1 Å². The molecule has 92 valence electrons. The lowest BCUT2D eigenvalue weighted by Gasteiger charge is -2.06. The molecule has 1 heterocycles. The number of alkyl halides is 1. The van der Waals surface area contributed by atoms with Crippen LogP contribution in [0.15, 0.2) is 18.2 Å². The Morgan fingerprint density at radius 3 is 3.00 bits per heavy atom. The zero-order valence-corrected chi connectivity index (χ0v) is 10.3. The molecule has 1 amide bonds. The molecule has 0 saturated carbocycles. The van der Waals surface area contributed by atoms with Gasteiger partial charge < -0.3 is 14.8 Å². The Morgan fingerprint density at radius 1 is 1.47 bits per heavy atom. The Morgan fingerprint density at radius 2 is 2.24 bits per heavy atom. The normalized spacial score (nSPS) is 14.5. The summed E-state index contributed by atoms with van der Waals surface area (Å²) in [5.74, 6) is 1.17. The van der Waals surface area contributed by atoms with Crippen molar-refractivity contribution in [2.24, 2.45) is 0 Å². The fraction of sp³-hybridized carbons (Fsp3) is 0.417. The van der Waals surface area contributed by atoms with Crippen LogP contribution in [0.4, 0.5) is 0 Å². The van der Waals surface area contributed by atoms with Crippen molar-refractivity contribution < 1.29 is 14.3 Å². The van der Waals surface area contributed by atoms with Crippen molar-refractivity contribution in [1.29, 1.82) is 0 Å². The minimum Gasteiger partial charge on any atom is -0.454 e. The van der Waals surface area contributed by atoms with Gasteiger partial charge in [-0.2, -0.15) is 0 Å². The van der Waals surface area contributed by atoms with Gasteiger partial charge in [0.2, 0.25) is 6.79 Å². The second-order valence-corrected chi connectivity index (χ2v) is 4.64. The molecule has 17 heavy (non-hydrogen) atoms. The zero-order valence-electron chi connectivity index (χ0n) is 9.53. The van der Waals surface area contributed by atoms with Crippen LogP contribution in [-0.2, 0) is 0 Å². The van der Waals surface area contributed by atoms with Gasteiger partial charge >= 0.3 is 0 Å². The maximum Gasteiger partial charge on any atom is 0.251 e. The molecule has 1 atom stereocenters. The van der Waals surface area contributed by atoms with Gasteiger partial charge in [0.1, 0.15) is 0 Å². The van der Waals surface area contributed by atoms with Gasteiger partial charge in [0.25, 0.3) is 5.91 Å². The Labute approximate surface area is 105 Å². The van der Waals surface area contributed by atoms with Crippen LogP contribution >= 0.6 is 11.6 Å². The van der Waals surface area contributed by atoms with Crippen LogP contribution in [0.3, 0.4) is 0 Å². The van der Waals surface area contributed by atoms with Gasteiger partial charge in [-0.05, 0) is 31.5 Å². The van der Waals surface area contributed by atoms with Gasteiger partial charge in [-0.15, -0.1) is 11.6 Å².